The van der Waals surface area contributed by atoms with Crippen molar-refractivity contribution < 1.29 is 9.31 Å². The van der Waals surface area contributed by atoms with Gasteiger partial charge in [-0.25, -0.2) is 0 Å². The van der Waals surface area contributed by atoms with Crippen LogP contribution in [0.25, 0.3) is 0 Å². The normalized spacial score (nSPS) is 17.4. The smallest absolute Gasteiger partial charge is 0.399 e. The predicted molar refractivity (Wildman–Crippen MR) is 162 cm³/mol. The van der Waals surface area contributed by atoms with Crippen molar-refractivity contribution in [1.82, 2.24) is 0 Å². The Hall–Kier alpha value is -3.27. The maximum Gasteiger partial charge on any atom is 0.494 e. The Morgan fingerprint density at radius 2 is 1.21 bits per heavy atom. The molecule has 0 atom stereocenters. The molecule has 0 bridgehead atoms. The van der Waals surface area contributed by atoms with E-state index >= 15 is 0 Å². The summed E-state index contributed by atoms with van der Waals surface area (Å²) in [5, 5.41) is 0. The first-order valence-corrected chi connectivity index (χ1v) is 13.6. The van der Waals surface area contributed by atoms with Crippen molar-refractivity contribution in [3.63, 3.8) is 0 Å². The van der Waals surface area contributed by atoms with Gasteiger partial charge in [-0.15, -0.1) is 0 Å². The van der Waals surface area contributed by atoms with E-state index < -0.39 is 7.12 Å². The minimum Gasteiger partial charge on any atom is -0.399 e. The van der Waals surface area contributed by atoms with Crippen molar-refractivity contribution in [2.45, 2.75) is 59.7 Å². The highest BCUT2D eigenvalue weighted by Crippen LogP contribution is 2.38. The van der Waals surface area contributed by atoms with E-state index in [0.29, 0.717) is 0 Å². The van der Waals surface area contributed by atoms with Crippen LogP contribution in [-0.2, 0) is 9.31 Å². The van der Waals surface area contributed by atoms with Crippen LogP contribution in [0.4, 0.5) is 17.1 Å². The van der Waals surface area contributed by atoms with Gasteiger partial charge in [0.25, 0.3) is 0 Å². The van der Waals surface area contributed by atoms with E-state index in [-0.39, 0.29) is 17.9 Å². The van der Waals surface area contributed by atoms with Gasteiger partial charge in [0, 0.05) is 17.1 Å². The second-order valence-electron chi connectivity index (χ2n) is 11.9. The quantitative estimate of drug-likeness (QED) is 0.319. The van der Waals surface area contributed by atoms with Crippen LogP contribution in [0.1, 0.15) is 44.4 Å². The molecule has 0 aromatic heterocycles. The van der Waals surface area contributed by atoms with Crippen molar-refractivity contribution in [1.29, 1.82) is 0 Å². The zero-order valence-electron chi connectivity index (χ0n) is 23.5. The molecular weight excluding hydrogens is 464 g/mol. The lowest BCUT2D eigenvalue weighted by Gasteiger charge is -2.38. The minimum atomic E-state index is -0.409. The Bertz CT molecular complexity index is 1490. The van der Waals surface area contributed by atoms with E-state index in [1.165, 1.54) is 44.5 Å². The Kier molecular flexibility index (Phi) is 5.86. The van der Waals surface area contributed by atoms with Crippen molar-refractivity contribution in [2.24, 2.45) is 0 Å². The second-order valence-corrected chi connectivity index (χ2v) is 11.9. The fourth-order valence-electron chi connectivity index (χ4n) is 6.18. The zero-order valence-corrected chi connectivity index (χ0v) is 23.5. The first-order chi connectivity index (χ1) is 18.1. The molecule has 38 heavy (non-hydrogen) atoms. The lowest BCUT2D eigenvalue weighted by molar-refractivity contribution is 0.00578. The monoisotopic (exact) mass is 499 g/mol. The summed E-state index contributed by atoms with van der Waals surface area (Å²) in [4.78, 5) is 2.40. The summed E-state index contributed by atoms with van der Waals surface area (Å²) >= 11 is 0. The van der Waals surface area contributed by atoms with Crippen LogP contribution in [0.15, 0.2) is 84.9 Å². The first kappa shape index (κ1) is 25.0. The summed E-state index contributed by atoms with van der Waals surface area (Å²) in [7, 11) is -0.409. The number of hydrogen-bond donors (Lipinski definition) is 0. The van der Waals surface area contributed by atoms with Gasteiger partial charge in [0.15, 0.2) is 0 Å². The lowest BCUT2D eigenvalue weighted by atomic mass is 9.33. The second kappa shape index (κ2) is 8.90. The molecule has 3 nitrogen and oxygen atoms in total. The van der Waals surface area contributed by atoms with E-state index in [9.17, 15) is 0 Å². The Morgan fingerprint density at radius 1 is 0.632 bits per heavy atom. The molecular formula is C33H35B2NO2. The average Bonchev–Trinajstić information content (AvgIpc) is 3.10. The van der Waals surface area contributed by atoms with Crippen LogP contribution in [-0.4, -0.2) is 25.0 Å². The number of nitrogens with zero attached hydrogens (tertiary/aromatic N) is 1. The molecule has 0 radical (unpaired) electrons. The van der Waals surface area contributed by atoms with Gasteiger partial charge in [-0.3, -0.25) is 0 Å². The maximum atomic E-state index is 6.49. The van der Waals surface area contributed by atoms with E-state index in [1.807, 2.05) is 0 Å². The number of anilines is 3. The summed E-state index contributed by atoms with van der Waals surface area (Å²) in [5.41, 5.74) is 11.7. The summed E-state index contributed by atoms with van der Waals surface area (Å²) in [6.07, 6.45) is 0. The van der Waals surface area contributed by atoms with Crippen molar-refractivity contribution in [3.05, 3.63) is 102 Å². The largest absolute Gasteiger partial charge is 0.494 e. The zero-order chi connectivity index (χ0) is 26.8. The average molecular weight is 499 g/mol. The minimum absolute atomic E-state index is 0.101. The molecule has 6 rings (SSSR count). The van der Waals surface area contributed by atoms with Crippen LogP contribution in [0.5, 0.6) is 0 Å². The Labute approximate surface area is 228 Å². The van der Waals surface area contributed by atoms with Crippen LogP contribution in [0, 0.1) is 20.8 Å². The molecule has 0 N–H and O–H groups in total. The fraction of sp³-hybridized carbons (Fsp3) is 0.273. The third kappa shape index (κ3) is 3.92. The molecule has 0 amide bonds. The number of rotatable bonds is 3. The van der Waals surface area contributed by atoms with E-state index in [0.717, 1.165) is 11.2 Å². The molecule has 1 fully saturated rings. The molecule has 2 aliphatic heterocycles. The molecule has 5 heteroatoms. The number of hydrogen-bond acceptors (Lipinski definition) is 3. The van der Waals surface area contributed by atoms with Gasteiger partial charge >= 0.3 is 7.12 Å². The molecule has 2 heterocycles. The van der Waals surface area contributed by atoms with E-state index in [1.54, 1.807) is 0 Å². The number of para-hydroxylation sites is 2. The van der Waals surface area contributed by atoms with Crippen LogP contribution < -0.4 is 26.8 Å². The number of aryl methyl sites for hydroxylation is 3. The van der Waals surface area contributed by atoms with Crippen LogP contribution >= 0.6 is 0 Å². The van der Waals surface area contributed by atoms with Gasteiger partial charge in [0.2, 0.25) is 6.71 Å². The first-order valence-electron chi connectivity index (χ1n) is 13.6. The van der Waals surface area contributed by atoms with Gasteiger partial charge in [-0.05, 0) is 89.1 Å². The van der Waals surface area contributed by atoms with Gasteiger partial charge in [0.1, 0.15) is 0 Å². The molecule has 0 spiro atoms. The molecule has 4 aromatic rings. The molecule has 1 saturated heterocycles. The SMILES string of the molecule is Cc1cc(C)c(B2c3ccccc3N(c3ccccc3)c3ccc(B4OC(C)(C)C(C)(C)O4)cc32)c(C)c1. The predicted octanol–water partition coefficient (Wildman–Crippen LogP) is 5.21. The molecule has 0 saturated carbocycles. The highest BCUT2D eigenvalue weighted by Gasteiger charge is 2.52. The molecule has 4 aromatic carbocycles. The summed E-state index contributed by atoms with van der Waals surface area (Å²) < 4.78 is 13.0. The number of benzene rings is 4. The molecule has 0 unspecified atom stereocenters. The third-order valence-electron chi connectivity index (χ3n) is 8.66. The van der Waals surface area contributed by atoms with Gasteiger partial charge in [-0.1, -0.05) is 82.8 Å². The lowest BCUT2D eigenvalue weighted by Crippen LogP contribution is -2.59. The molecule has 0 aliphatic carbocycles. The van der Waals surface area contributed by atoms with Gasteiger partial charge in [0.05, 0.1) is 11.2 Å². The third-order valence-corrected chi connectivity index (χ3v) is 8.66. The van der Waals surface area contributed by atoms with Crippen molar-refractivity contribution in [2.75, 3.05) is 4.90 Å². The maximum absolute atomic E-state index is 6.49. The summed E-state index contributed by atoms with van der Waals surface area (Å²) in [6.45, 7) is 15.2. The summed E-state index contributed by atoms with van der Waals surface area (Å²) in [6, 6.07) is 30.9. The molecule has 2 aliphatic rings. The molecule has 190 valence electrons. The Balaban J connectivity index is 1.60. The van der Waals surface area contributed by atoms with Gasteiger partial charge < -0.3 is 14.2 Å². The van der Waals surface area contributed by atoms with Crippen molar-refractivity contribution in [3.8, 4) is 0 Å². The fourth-order valence-corrected chi connectivity index (χ4v) is 6.18. The van der Waals surface area contributed by atoms with E-state index in [2.05, 4.69) is 138 Å². The highest BCUT2D eigenvalue weighted by atomic mass is 16.7. The summed E-state index contributed by atoms with van der Waals surface area (Å²) in [5.74, 6) is 0. The Morgan fingerprint density at radius 3 is 1.87 bits per heavy atom. The van der Waals surface area contributed by atoms with Crippen LogP contribution in [0.2, 0.25) is 0 Å². The number of fused-ring (bicyclic) bond motifs is 2. The topological polar surface area (TPSA) is 21.7 Å². The van der Waals surface area contributed by atoms with Crippen molar-refractivity contribution >= 4 is 52.7 Å². The van der Waals surface area contributed by atoms with E-state index in [4.69, 9.17) is 9.31 Å². The highest BCUT2D eigenvalue weighted by molar-refractivity contribution is 6.98. The standard InChI is InChI=1S/C33H35B2NO2/c1-22-19-23(2)31(24(3)20-22)34-27-15-11-12-16-29(27)36(26-13-9-8-10-14-26)30-18-17-25(21-28(30)34)35-37-32(4,5)33(6,7)38-35/h8-21H,1-7H3. The van der Waals surface area contributed by atoms with Crippen LogP contribution in [0.3, 0.4) is 0 Å². The van der Waals surface area contributed by atoms with Gasteiger partial charge in [-0.2, -0.15) is 0 Å².